The largest absolute Gasteiger partial charge is 0.477 e. The molecule has 0 aliphatic carbocycles. The van der Waals surface area contributed by atoms with Gasteiger partial charge in [-0.05, 0) is 31.4 Å². The third-order valence-electron chi connectivity index (χ3n) is 5.00. The summed E-state index contributed by atoms with van der Waals surface area (Å²) in [6, 6.07) is 1.75. The van der Waals surface area contributed by atoms with Gasteiger partial charge in [-0.15, -0.1) is 11.3 Å². The fraction of sp³-hybridized carbons (Fsp3) is 0.500. The molecule has 0 atom stereocenters. The molecule has 0 radical (unpaired) electrons. The zero-order chi connectivity index (χ0) is 17.6. The summed E-state index contributed by atoms with van der Waals surface area (Å²) in [6.45, 7) is 3.42. The number of H-pyrrole nitrogens is 1. The van der Waals surface area contributed by atoms with E-state index in [2.05, 4.69) is 15.4 Å². The number of piperidine rings is 1. The van der Waals surface area contributed by atoms with Gasteiger partial charge in [0.15, 0.2) is 5.69 Å². The minimum absolute atomic E-state index is 0.131. The molecular weight excluding hydrogens is 344 g/mol. The number of carboxylic acids is 1. The van der Waals surface area contributed by atoms with Crippen LogP contribution < -0.4 is 0 Å². The molecule has 0 aromatic carbocycles. The summed E-state index contributed by atoms with van der Waals surface area (Å²) in [6.07, 6.45) is 2.05. The smallest absolute Gasteiger partial charge is 0.345 e. The predicted octanol–water partition coefficient (Wildman–Crippen LogP) is 1.58. The average molecular weight is 362 g/mol. The second-order valence-electron chi connectivity index (χ2n) is 6.40. The van der Waals surface area contributed by atoms with E-state index >= 15 is 0 Å². The lowest BCUT2D eigenvalue weighted by Gasteiger charge is -2.43. The molecule has 2 aromatic rings. The zero-order valence-electron chi connectivity index (χ0n) is 13.7. The summed E-state index contributed by atoms with van der Waals surface area (Å²) < 4.78 is 6.11. The first-order valence-corrected chi connectivity index (χ1v) is 8.99. The van der Waals surface area contributed by atoms with E-state index < -0.39 is 11.6 Å². The van der Waals surface area contributed by atoms with Crippen LogP contribution in [0.15, 0.2) is 6.07 Å². The van der Waals surface area contributed by atoms with E-state index in [-0.39, 0.29) is 5.91 Å². The van der Waals surface area contributed by atoms with Gasteiger partial charge in [-0.2, -0.15) is 15.4 Å². The molecule has 4 rings (SSSR count). The molecule has 2 N–H and O–H groups in total. The molecule has 25 heavy (non-hydrogen) atoms. The lowest BCUT2D eigenvalue weighted by molar-refractivity contribution is -0.0927. The van der Waals surface area contributed by atoms with Crippen molar-refractivity contribution in [3.05, 3.63) is 32.8 Å². The maximum Gasteiger partial charge on any atom is 0.345 e. The lowest BCUT2D eigenvalue weighted by atomic mass is 9.82. The molecule has 2 aromatic heterocycles. The number of carbonyl (C=O) groups excluding carboxylic acids is 1. The molecule has 0 saturated carbocycles. The second kappa shape index (κ2) is 5.92. The topological polar surface area (TPSA) is 108 Å². The van der Waals surface area contributed by atoms with Gasteiger partial charge in [0.1, 0.15) is 4.88 Å². The van der Waals surface area contributed by atoms with Crippen molar-refractivity contribution in [2.24, 2.45) is 0 Å². The van der Waals surface area contributed by atoms with Gasteiger partial charge < -0.3 is 14.7 Å². The molecule has 0 unspecified atom stereocenters. The van der Waals surface area contributed by atoms with Gasteiger partial charge in [-0.3, -0.25) is 4.79 Å². The number of aromatic amines is 1. The minimum atomic E-state index is -0.899. The molecule has 1 fully saturated rings. The van der Waals surface area contributed by atoms with Crippen LogP contribution in [0, 0.1) is 6.92 Å². The molecule has 2 aliphatic rings. The summed E-state index contributed by atoms with van der Waals surface area (Å²) in [5.41, 5.74) is 1.45. The van der Waals surface area contributed by atoms with Crippen molar-refractivity contribution in [3.63, 3.8) is 0 Å². The Morgan fingerprint density at radius 1 is 1.36 bits per heavy atom. The van der Waals surface area contributed by atoms with E-state index in [1.807, 2.05) is 0 Å². The van der Waals surface area contributed by atoms with Gasteiger partial charge in [-0.1, -0.05) is 0 Å². The average Bonchev–Trinajstić information content (AvgIpc) is 3.22. The summed E-state index contributed by atoms with van der Waals surface area (Å²) in [7, 11) is 0. The maximum atomic E-state index is 12.6. The number of aryl methyl sites for hydroxylation is 1. The number of thiophene rings is 1. The number of rotatable bonds is 2. The summed E-state index contributed by atoms with van der Waals surface area (Å²) in [5.74, 6) is -1.03. The number of hydrogen-bond acceptors (Lipinski definition) is 6. The molecule has 8 nitrogen and oxygen atoms in total. The van der Waals surface area contributed by atoms with E-state index in [4.69, 9.17) is 4.74 Å². The quantitative estimate of drug-likeness (QED) is 0.840. The van der Waals surface area contributed by atoms with Crippen LogP contribution in [-0.2, 0) is 16.8 Å². The van der Waals surface area contributed by atoms with Crippen LogP contribution in [0.2, 0.25) is 0 Å². The van der Waals surface area contributed by atoms with Gasteiger partial charge in [0.2, 0.25) is 0 Å². The third-order valence-corrected chi connectivity index (χ3v) is 6.18. The molecule has 1 saturated heterocycles. The number of carbonyl (C=O) groups is 2. The van der Waals surface area contributed by atoms with Crippen molar-refractivity contribution in [2.45, 2.75) is 31.8 Å². The Labute approximate surface area is 147 Å². The van der Waals surface area contributed by atoms with Gasteiger partial charge in [0.05, 0.1) is 17.9 Å². The lowest BCUT2D eigenvalue weighted by Crippen LogP contribution is -2.48. The van der Waals surface area contributed by atoms with Crippen molar-refractivity contribution in [2.75, 3.05) is 19.7 Å². The monoisotopic (exact) mass is 362 g/mol. The Kier molecular flexibility index (Phi) is 3.84. The Morgan fingerprint density at radius 2 is 2.12 bits per heavy atom. The van der Waals surface area contributed by atoms with Crippen LogP contribution >= 0.6 is 11.3 Å². The number of aromatic nitrogens is 3. The fourth-order valence-electron chi connectivity index (χ4n) is 3.64. The van der Waals surface area contributed by atoms with Crippen molar-refractivity contribution >= 4 is 23.2 Å². The number of aromatic carboxylic acids is 1. The Morgan fingerprint density at radius 3 is 2.76 bits per heavy atom. The number of nitrogens with one attached hydrogen (secondary N) is 1. The first-order valence-electron chi connectivity index (χ1n) is 8.17. The van der Waals surface area contributed by atoms with Crippen molar-refractivity contribution in [1.82, 2.24) is 20.3 Å². The Hall–Kier alpha value is -2.26. The number of carboxylic acid groups (broad SMARTS) is 1. The normalized spacial score (nSPS) is 19.0. The number of amides is 1. The highest BCUT2D eigenvalue weighted by atomic mass is 32.1. The number of nitrogens with zero attached hydrogens (tertiary/aromatic N) is 3. The zero-order valence-corrected chi connectivity index (χ0v) is 14.6. The maximum absolute atomic E-state index is 12.6. The van der Waals surface area contributed by atoms with Gasteiger partial charge in [0.25, 0.3) is 5.91 Å². The highest BCUT2D eigenvalue weighted by molar-refractivity contribution is 7.14. The first-order chi connectivity index (χ1) is 12.0. The summed E-state index contributed by atoms with van der Waals surface area (Å²) in [5, 5.41) is 19.6. The molecule has 1 spiro atoms. The van der Waals surface area contributed by atoms with Crippen LogP contribution in [0.4, 0.5) is 0 Å². The minimum Gasteiger partial charge on any atom is -0.477 e. The summed E-state index contributed by atoms with van der Waals surface area (Å²) in [4.78, 5) is 27.1. The highest BCUT2D eigenvalue weighted by Gasteiger charge is 2.43. The molecule has 132 valence electrons. The molecule has 2 aliphatic heterocycles. The van der Waals surface area contributed by atoms with Crippen LogP contribution in [0.3, 0.4) is 0 Å². The van der Waals surface area contributed by atoms with E-state index in [1.54, 1.807) is 17.9 Å². The first kappa shape index (κ1) is 16.2. The molecule has 1 amide bonds. The Balaban J connectivity index is 1.55. The molecular formula is C16H18N4O4S. The Bertz CT molecular complexity index is 835. The van der Waals surface area contributed by atoms with Crippen molar-refractivity contribution in [3.8, 4) is 0 Å². The van der Waals surface area contributed by atoms with E-state index in [1.165, 1.54) is 11.3 Å². The van der Waals surface area contributed by atoms with E-state index in [0.717, 1.165) is 16.9 Å². The fourth-order valence-corrected chi connectivity index (χ4v) is 4.71. The number of fused-ring (bicyclic) bond motifs is 2. The van der Waals surface area contributed by atoms with Gasteiger partial charge >= 0.3 is 5.97 Å². The van der Waals surface area contributed by atoms with Gasteiger partial charge in [0, 0.05) is 24.4 Å². The molecule has 0 bridgehead atoms. The van der Waals surface area contributed by atoms with Crippen LogP contribution in [0.25, 0.3) is 0 Å². The number of hydrogen-bond donors (Lipinski definition) is 2. The number of likely N-dealkylation sites (tertiary alicyclic amines) is 1. The second-order valence-corrected chi connectivity index (χ2v) is 7.53. The molecule has 4 heterocycles. The predicted molar refractivity (Wildman–Crippen MR) is 88.9 cm³/mol. The highest BCUT2D eigenvalue weighted by Crippen LogP contribution is 2.44. The van der Waals surface area contributed by atoms with Crippen LogP contribution in [0.5, 0.6) is 0 Å². The standard InChI is InChI=1S/C16H18N4O4S/c1-9-13(18-19-17-9)14(21)20-5-3-16(4-6-20)10-8-12(15(22)23)25-11(10)2-7-24-16/h8H,2-7H2,1H3,(H,22,23)(H,17,18,19). The number of ether oxygens (including phenoxy) is 1. The summed E-state index contributed by atoms with van der Waals surface area (Å²) >= 11 is 1.34. The van der Waals surface area contributed by atoms with Crippen molar-refractivity contribution in [1.29, 1.82) is 0 Å². The van der Waals surface area contributed by atoms with Crippen molar-refractivity contribution < 1.29 is 19.4 Å². The van der Waals surface area contributed by atoms with Gasteiger partial charge in [-0.25, -0.2) is 4.79 Å². The van der Waals surface area contributed by atoms with Crippen LogP contribution in [0.1, 0.15) is 49.1 Å². The van der Waals surface area contributed by atoms with E-state index in [9.17, 15) is 14.7 Å². The molecule has 9 heteroatoms. The third kappa shape index (κ3) is 2.63. The SMILES string of the molecule is Cc1n[nH]nc1C(=O)N1CCC2(CC1)OCCc1sc(C(=O)O)cc12. The van der Waals surface area contributed by atoms with E-state index in [0.29, 0.717) is 48.8 Å². The van der Waals surface area contributed by atoms with Crippen LogP contribution in [-0.4, -0.2) is 57.0 Å².